The van der Waals surface area contributed by atoms with Gasteiger partial charge in [-0.1, -0.05) is 25.5 Å². The summed E-state index contributed by atoms with van der Waals surface area (Å²) in [5.74, 6) is 0.318. The van der Waals surface area contributed by atoms with Crippen molar-refractivity contribution < 1.29 is 9.53 Å². The Morgan fingerprint density at radius 3 is 2.29 bits per heavy atom. The molecule has 2 nitrogen and oxygen atoms in total. The van der Waals surface area contributed by atoms with Crippen LogP contribution in [0.25, 0.3) is 0 Å². The lowest BCUT2D eigenvalue weighted by molar-refractivity contribution is -0.151. The van der Waals surface area contributed by atoms with Crippen molar-refractivity contribution >= 4 is 5.97 Å². The van der Waals surface area contributed by atoms with Crippen molar-refractivity contribution in [3.05, 3.63) is 11.6 Å². The Bertz CT molecular complexity index is 224. The second-order valence-electron chi connectivity index (χ2n) is 4.44. The topological polar surface area (TPSA) is 26.3 Å². The van der Waals surface area contributed by atoms with Crippen LogP contribution in [0.4, 0.5) is 0 Å². The van der Waals surface area contributed by atoms with E-state index in [2.05, 4.69) is 19.9 Å². The van der Waals surface area contributed by atoms with Crippen LogP contribution in [0.1, 0.15) is 41.5 Å². The molecule has 0 radical (unpaired) electrons. The molecule has 14 heavy (non-hydrogen) atoms. The molecule has 2 heteroatoms. The second kappa shape index (κ2) is 5.18. The molecule has 0 rings (SSSR count). The number of carbonyl (C=O) groups is 1. The number of hydrogen-bond acceptors (Lipinski definition) is 2. The van der Waals surface area contributed by atoms with Crippen molar-refractivity contribution in [3.8, 4) is 0 Å². The van der Waals surface area contributed by atoms with Crippen LogP contribution in [0, 0.1) is 11.3 Å². The summed E-state index contributed by atoms with van der Waals surface area (Å²) < 4.78 is 5.03. The summed E-state index contributed by atoms with van der Waals surface area (Å²) in [6.07, 6.45) is 2.11. The highest BCUT2D eigenvalue weighted by atomic mass is 16.5. The van der Waals surface area contributed by atoms with Crippen molar-refractivity contribution in [3.63, 3.8) is 0 Å². The van der Waals surface area contributed by atoms with E-state index >= 15 is 0 Å². The van der Waals surface area contributed by atoms with Gasteiger partial charge in [0.15, 0.2) is 0 Å². The van der Waals surface area contributed by atoms with Crippen LogP contribution in [-0.2, 0) is 9.53 Å². The van der Waals surface area contributed by atoms with Gasteiger partial charge in [-0.3, -0.25) is 4.79 Å². The van der Waals surface area contributed by atoms with Crippen molar-refractivity contribution in [1.82, 2.24) is 0 Å². The molecule has 0 aromatic carbocycles. The lowest BCUT2D eigenvalue weighted by atomic mass is 9.83. The summed E-state index contributed by atoms with van der Waals surface area (Å²) in [7, 11) is 0. The standard InChI is InChI=1S/C12H22O2/c1-7-14-11(13)12(5,6)10(4)8-9(2)3/h8-9H,7H2,1-6H3/b10-8+. The van der Waals surface area contributed by atoms with Gasteiger partial charge in [0.2, 0.25) is 0 Å². The Morgan fingerprint density at radius 2 is 1.93 bits per heavy atom. The Kier molecular flexibility index (Phi) is 4.89. The number of carbonyl (C=O) groups excluding carboxylic acids is 1. The maximum absolute atomic E-state index is 11.6. The fraction of sp³-hybridized carbons (Fsp3) is 0.750. The average Bonchev–Trinajstić information content (AvgIpc) is 2.03. The summed E-state index contributed by atoms with van der Waals surface area (Å²) in [5.41, 5.74) is 0.575. The summed E-state index contributed by atoms with van der Waals surface area (Å²) in [5, 5.41) is 0. The van der Waals surface area contributed by atoms with Crippen LogP contribution in [0.5, 0.6) is 0 Å². The summed E-state index contributed by atoms with van der Waals surface area (Å²) >= 11 is 0. The van der Waals surface area contributed by atoms with E-state index in [0.717, 1.165) is 5.57 Å². The van der Waals surface area contributed by atoms with Gasteiger partial charge in [0, 0.05) is 0 Å². The first kappa shape index (κ1) is 13.2. The van der Waals surface area contributed by atoms with E-state index in [1.165, 1.54) is 0 Å². The van der Waals surface area contributed by atoms with Crippen LogP contribution >= 0.6 is 0 Å². The van der Waals surface area contributed by atoms with E-state index in [1.54, 1.807) is 0 Å². The molecule has 0 amide bonds. The van der Waals surface area contributed by atoms with Gasteiger partial charge >= 0.3 is 5.97 Å². The maximum Gasteiger partial charge on any atom is 0.315 e. The predicted octanol–water partition coefficient (Wildman–Crippen LogP) is 3.18. The number of esters is 1. The molecule has 0 N–H and O–H groups in total. The van der Waals surface area contributed by atoms with E-state index in [1.807, 2.05) is 27.7 Å². The summed E-state index contributed by atoms with van der Waals surface area (Å²) in [6.45, 7) is 12.3. The van der Waals surface area contributed by atoms with Crippen molar-refractivity contribution in [1.29, 1.82) is 0 Å². The van der Waals surface area contributed by atoms with Crippen LogP contribution in [0.15, 0.2) is 11.6 Å². The number of rotatable bonds is 4. The van der Waals surface area contributed by atoms with Gasteiger partial charge in [0.05, 0.1) is 12.0 Å². The van der Waals surface area contributed by atoms with E-state index < -0.39 is 5.41 Å². The number of allylic oxidation sites excluding steroid dienone is 1. The van der Waals surface area contributed by atoms with Gasteiger partial charge < -0.3 is 4.74 Å². The smallest absolute Gasteiger partial charge is 0.315 e. The minimum Gasteiger partial charge on any atom is -0.465 e. The first-order valence-corrected chi connectivity index (χ1v) is 5.18. The predicted molar refractivity (Wildman–Crippen MR) is 59.0 cm³/mol. The van der Waals surface area contributed by atoms with Gasteiger partial charge in [-0.15, -0.1) is 0 Å². The monoisotopic (exact) mass is 198 g/mol. The number of ether oxygens (including phenoxy) is 1. The van der Waals surface area contributed by atoms with Gasteiger partial charge in [-0.2, -0.15) is 0 Å². The zero-order valence-corrected chi connectivity index (χ0v) is 10.2. The molecule has 0 saturated carbocycles. The summed E-state index contributed by atoms with van der Waals surface area (Å²) in [6, 6.07) is 0. The largest absolute Gasteiger partial charge is 0.465 e. The van der Waals surface area contributed by atoms with Gasteiger partial charge in [0.1, 0.15) is 0 Å². The molecular formula is C12H22O2. The van der Waals surface area contributed by atoms with Gasteiger partial charge in [0.25, 0.3) is 0 Å². The molecule has 0 bridgehead atoms. The SMILES string of the molecule is CCOC(=O)C(C)(C)/C(C)=C/C(C)C. The molecule has 0 heterocycles. The lowest BCUT2D eigenvalue weighted by Gasteiger charge is -2.24. The van der Waals surface area contributed by atoms with Crippen molar-refractivity contribution in [2.24, 2.45) is 11.3 Å². The lowest BCUT2D eigenvalue weighted by Crippen LogP contribution is -2.28. The zero-order valence-electron chi connectivity index (χ0n) is 10.2. The molecule has 0 unspecified atom stereocenters. The van der Waals surface area contributed by atoms with E-state index in [4.69, 9.17) is 4.74 Å². The molecule has 82 valence electrons. The highest BCUT2D eigenvalue weighted by Gasteiger charge is 2.30. The molecule has 0 spiro atoms. The maximum atomic E-state index is 11.6. The van der Waals surface area contributed by atoms with Crippen molar-refractivity contribution in [2.75, 3.05) is 6.61 Å². The first-order chi connectivity index (χ1) is 6.32. The zero-order chi connectivity index (χ0) is 11.4. The van der Waals surface area contributed by atoms with E-state index in [0.29, 0.717) is 12.5 Å². The second-order valence-corrected chi connectivity index (χ2v) is 4.44. The van der Waals surface area contributed by atoms with Crippen molar-refractivity contribution in [2.45, 2.75) is 41.5 Å². The molecule has 0 aliphatic carbocycles. The normalized spacial score (nSPS) is 13.2. The van der Waals surface area contributed by atoms with Gasteiger partial charge in [-0.05, 0) is 33.6 Å². The Labute approximate surface area is 87.3 Å². The molecule has 0 aliphatic rings. The minimum atomic E-state index is -0.500. The Balaban J connectivity index is 4.68. The third-order valence-corrected chi connectivity index (χ3v) is 2.35. The molecule has 0 atom stereocenters. The number of hydrogen-bond donors (Lipinski definition) is 0. The fourth-order valence-corrected chi connectivity index (χ4v) is 1.18. The molecule has 0 aromatic rings. The Morgan fingerprint density at radius 1 is 1.43 bits per heavy atom. The van der Waals surface area contributed by atoms with Crippen LogP contribution in [0.2, 0.25) is 0 Å². The van der Waals surface area contributed by atoms with E-state index in [9.17, 15) is 4.79 Å². The average molecular weight is 198 g/mol. The molecular weight excluding hydrogens is 176 g/mol. The Hall–Kier alpha value is -0.790. The van der Waals surface area contributed by atoms with Crippen LogP contribution < -0.4 is 0 Å². The molecule has 0 aromatic heterocycles. The van der Waals surface area contributed by atoms with Gasteiger partial charge in [-0.25, -0.2) is 0 Å². The van der Waals surface area contributed by atoms with Crippen LogP contribution in [0.3, 0.4) is 0 Å². The highest BCUT2D eigenvalue weighted by Crippen LogP contribution is 2.28. The highest BCUT2D eigenvalue weighted by molar-refractivity contribution is 5.79. The van der Waals surface area contributed by atoms with E-state index in [-0.39, 0.29) is 5.97 Å². The molecule has 0 fully saturated rings. The quantitative estimate of drug-likeness (QED) is 0.512. The molecule has 0 saturated heterocycles. The fourth-order valence-electron chi connectivity index (χ4n) is 1.18. The summed E-state index contributed by atoms with van der Waals surface area (Å²) in [4.78, 5) is 11.6. The third-order valence-electron chi connectivity index (χ3n) is 2.35. The van der Waals surface area contributed by atoms with Crippen LogP contribution in [-0.4, -0.2) is 12.6 Å². The first-order valence-electron chi connectivity index (χ1n) is 5.18. The third kappa shape index (κ3) is 3.52. The molecule has 0 aliphatic heterocycles. The minimum absolute atomic E-state index is 0.144.